The highest BCUT2D eigenvalue weighted by molar-refractivity contribution is 5.15. The number of allylic oxidation sites excluding steroid dienone is 3. The van der Waals surface area contributed by atoms with Gasteiger partial charge in [-0.15, -0.1) is 0 Å². The predicted octanol–water partition coefficient (Wildman–Crippen LogP) is 1.47. The Bertz CT molecular complexity index is 184. The lowest BCUT2D eigenvalue weighted by Crippen LogP contribution is -2.30. The number of hydrogen-bond donors (Lipinski definition) is 1. The van der Waals surface area contributed by atoms with E-state index in [0.717, 1.165) is 44.9 Å². The van der Waals surface area contributed by atoms with Gasteiger partial charge in [0, 0.05) is 13.1 Å². The lowest BCUT2D eigenvalue weighted by Gasteiger charge is -2.10. The maximum absolute atomic E-state index is 5.01. The first-order chi connectivity index (χ1) is 6.93. The summed E-state index contributed by atoms with van der Waals surface area (Å²) in [5, 5.41) is 3.16. The molecule has 0 aromatic carbocycles. The number of rotatable bonds is 1. The summed E-state index contributed by atoms with van der Waals surface area (Å²) in [6, 6.07) is 0. The first-order valence-corrected chi connectivity index (χ1v) is 5.12. The van der Waals surface area contributed by atoms with Gasteiger partial charge in [0.2, 0.25) is 0 Å². The minimum Gasteiger partial charge on any atom is -0.497 e. The molecule has 0 aromatic rings. The molecule has 3 heteroatoms. The first kappa shape index (κ1) is 11.3. The van der Waals surface area contributed by atoms with Gasteiger partial charge in [-0.3, -0.25) is 0 Å². The summed E-state index contributed by atoms with van der Waals surface area (Å²) < 4.78 is 9.97. The zero-order chi connectivity index (χ0) is 10.1. The molecule has 0 bridgehead atoms. The van der Waals surface area contributed by atoms with E-state index in [0.29, 0.717) is 0 Å². The molecule has 1 aliphatic heterocycles. The topological polar surface area (TPSA) is 30.5 Å². The molecule has 1 aliphatic carbocycles. The van der Waals surface area contributed by atoms with Crippen molar-refractivity contribution in [2.24, 2.45) is 0 Å². The highest BCUT2D eigenvalue weighted by atomic mass is 16.5. The molecule has 80 valence electrons. The van der Waals surface area contributed by atoms with Crippen LogP contribution >= 0.6 is 0 Å². The summed E-state index contributed by atoms with van der Waals surface area (Å²) in [6.45, 7) is 3.83. The second-order valence-electron chi connectivity index (χ2n) is 3.15. The van der Waals surface area contributed by atoms with E-state index in [1.807, 2.05) is 6.08 Å². The first-order valence-electron chi connectivity index (χ1n) is 5.12. The summed E-state index contributed by atoms with van der Waals surface area (Å²) in [5.41, 5.74) is 0. The van der Waals surface area contributed by atoms with Crippen LogP contribution in [0.15, 0.2) is 24.0 Å². The highest BCUT2D eigenvalue weighted by Crippen LogP contribution is 2.08. The van der Waals surface area contributed by atoms with Gasteiger partial charge in [-0.1, -0.05) is 6.08 Å². The molecule has 0 aromatic heterocycles. The molecule has 1 N–H and O–H groups in total. The van der Waals surface area contributed by atoms with Crippen LogP contribution in [-0.2, 0) is 9.47 Å². The largest absolute Gasteiger partial charge is 0.497 e. The summed E-state index contributed by atoms with van der Waals surface area (Å²) in [5.74, 6) is 0.997. The molecule has 1 saturated heterocycles. The van der Waals surface area contributed by atoms with Crippen molar-refractivity contribution < 1.29 is 9.47 Å². The van der Waals surface area contributed by atoms with E-state index in [-0.39, 0.29) is 0 Å². The van der Waals surface area contributed by atoms with E-state index >= 15 is 0 Å². The molecule has 0 saturated carbocycles. The van der Waals surface area contributed by atoms with Crippen LogP contribution < -0.4 is 5.32 Å². The van der Waals surface area contributed by atoms with Gasteiger partial charge in [0.15, 0.2) is 0 Å². The third-order valence-corrected chi connectivity index (χ3v) is 2.04. The second kappa shape index (κ2) is 7.59. The summed E-state index contributed by atoms with van der Waals surface area (Å²) >= 11 is 0. The molecule has 1 heterocycles. The van der Waals surface area contributed by atoms with E-state index in [1.165, 1.54) is 0 Å². The van der Waals surface area contributed by atoms with Gasteiger partial charge in [-0.05, 0) is 25.0 Å². The van der Waals surface area contributed by atoms with Crippen LogP contribution in [0, 0.1) is 0 Å². The number of hydrogen-bond acceptors (Lipinski definition) is 3. The zero-order valence-electron chi connectivity index (χ0n) is 8.79. The lowest BCUT2D eigenvalue weighted by molar-refractivity contribution is 0.109. The molecule has 0 atom stereocenters. The number of morpholine rings is 1. The number of nitrogens with one attached hydrogen (secondary N) is 1. The Kier molecular flexibility index (Phi) is 6.11. The van der Waals surface area contributed by atoms with Crippen LogP contribution in [0.4, 0.5) is 0 Å². The van der Waals surface area contributed by atoms with E-state index in [4.69, 9.17) is 9.47 Å². The summed E-state index contributed by atoms with van der Waals surface area (Å²) in [7, 11) is 1.70. The molecule has 0 amide bonds. The van der Waals surface area contributed by atoms with Crippen LogP contribution in [-0.4, -0.2) is 33.4 Å². The quantitative estimate of drug-likeness (QED) is 0.690. The van der Waals surface area contributed by atoms with E-state index in [2.05, 4.69) is 17.5 Å². The van der Waals surface area contributed by atoms with E-state index in [9.17, 15) is 0 Å². The Morgan fingerprint density at radius 3 is 2.36 bits per heavy atom. The second-order valence-corrected chi connectivity index (χ2v) is 3.15. The molecule has 2 aliphatic rings. The van der Waals surface area contributed by atoms with Crippen molar-refractivity contribution in [1.29, 1.82) is 0 Å². The molecule has 0 spiro atoms. The standard InChI is InChI=1S/C7H10O.C4H9NO/c1-8-7-5-3-2-4-6-7;1-3-6-4-2-5-1/h3,5-6H,2,4H2,1H3;5H,1-4H2. The molecule has 2 rings (SSSR count). The number of methoxy groups -OCH3 is 1. The van der Waals surface area contributed by atoms with Gasteiger partial charge in [-0.25, -0.2) is 0 Å². The van der Waals surface area contributed by atoms with Crippen molar-refractivity contribution in [2.75, 3.05) is 33.4 Å². The molecule has 14 heavy (non-hydrogen) atoms. The van der Waals surface area contributed by atoms with Gasteiger partial charge >= 0.3 is 0 Å². The summed E-state index contributed by atoms with van der Waals surface area (Å²) in [6.07, 6.45) is 8.51. The van der Waals surface area contributed by atoms with Crippen molar-refractivity contribution in [3.8, 4) is 0 Å². The molecule has 0 unspecified atom stereocenters. The Morgan fingerprint density at radius 1 is 1.29 bits per heavy atom. The Hall–Kier alpha value is -0.800. The van der Waals surface area contributed by atoms with Crippen LogP contribution in [0.1, 0.15) is 12.8 Å². The van der Waals surface area contributed by atoms with Gasteiger partial charge < -0.3 is 14.8 Å². The maximum atomic E-state index is 5.01. The van der Waals surface area contributed by atoms with Crippen molar-refractivity contribution in [3.05, 3.63) is 24.0 Å². The molecular weight excluding hydrogens is 178 g/mol. The fourth-order valence-corrected chi connectivity index (χ4v) is 1.26. The van der Waals surface area contributed by atoms with Crippen molar-refractivity contribution in [1.82, 2.24) is 5.32 Å². The Labute approximate surface area is 85.8 Å². The normalized spacial score (nSPS) is 20.5. The third kappa shape index (κ3) is 5.04. The average molecular weight is 197 g/mol. The smallest absolute Gasteiger partial charge is 0.114 e. The Balaban J connectivity index is 0.000000146. The van der Waals surface area contributed by atoms with Crippen LogP contribution in [0.3, 0.4) is 0 Å². The molecule has 0 radical (unpaired) electrons. The fraction of sp³-hybridized carbons (Fsp3) is 0.636. The molecular formula is C11H19NO2. The molecule has 3 nitrogen and oxygen atoms in total. The van der Waals surface area contributed by atoms with E-state index < -0.39 is 0 Å². The van der Waals surface area contributed by atoms with Gasteiger partial charge in [0.25, 0.3) is 0 Å². The zero-order valence-corrected chi connectivity index (χ0v) is 8.79. The van der Waals surface area contributed by atoms with Gasteiger partial charge in [0.1, 0.15) is 5.76 Å². The van der Waals surface area contributed by atoms with Gasteiger partial charge in [0.05, 0.1) is 20.3 Å². The third-order valence-electron chi connectivity index (χ3n) is 2.04. The van der Waals surface area contributed by atoms with Crippen molar-refractivity contribution in [3.63, 3.8) is 0 Å². The SMILES string of the molecule is C1COCCN1.COC1=CCCC=C1. The monoisotopic (exact) mass is 197 g/mol. The minimum atomic E-state index is 0.889. The minimum absolute atomic E-state index is 0.889. The number of ether oxygens (including phenoxy) is 2. The lowest BCUT2D eigenvalue weighted by atomic mass is 10.2. The Morgan fingerprint density at radius 2 is 2.07 bits per heavy atom. The molecule has 1 fully saturated rings. The van der Waals surface area contributed by atoms with E-state index in [1.54, 1.807) is 7.11 Å². The summed E-state index contributed by atoms with van der Waals surface area (Å²) in [4.78, 5) is 0. The van der Waals surface area contributed by atoms with Gasteiger partial charge in [-0.2, -0.15) is 0 Å². The van der Waals surface area contributed by atoms with Crippen LogP contribution in [0.25, 0.3) is 0 Å². The van der Waals surface area contributed by atoms with Crippen LogP contribution in [0.5, 0.6) is 0 Å². The van der Waals surface area contributed by atoms with Crippen LogP contribution in [0.2, 0.25) is 0 Å². The van der Waals surface area contributed by atoms with Crippen molar-refractivity contribution >= 4 is 0 Å². The highest BCUT2D eigenvalue weighted by Gasteiger charge is 1.93. The fourth-order valence-electron chi connectivity index (χ4n) is 1.26. The van der Waals surface area contributed by atoms with Crippen molar-refractivity contribution in [2.45, 2.75) is 12.8 Å². The maximum Gasteiger partial charge on any atom is 0.114 e. The predicted molar refractivity (Wildman–Crippen MR) is 57.2 cm³/mol. The average Bonchev–Trinajstić information content (AvgIpc) is 2.33.